The molecule has 2 heteroatoms. The molecule has 0 saturated carbocycles. The molecule has 0 amide bonds. The van der Waals surface area contributed by atoms with Gasteiger partial charge in [0.1, 0.15) is 11.5 Å². The number of phenolic OH excluding ortho intramolecular Hbond substituents is 2. The van der Waals surface area contributed by atoms with Crippen molar-refractivity contribution in [3.05, 3.63) is 42.5 Å². The third kappa shape index (κ3) is 1.12. The zero-order chi connectivity index (χ0) is 10.1. The van der Waals surface area contributed by atoms with Crippen LogP contribution in [0, 0.1) is 0 Å². The maximum Gasteiger partial charge on any atom is 0.130 e. The molecule has 70 valence electrons. The first-order valence-corrected chi connectivity index (χ1v) is 4.30. The van der Waals surface area contributed by atoms with Gasteiger partial charge in [-0.15, -0.1) is 0 Å². The molecule has 0 radical (unpaired) electrons. The van der Waals surface area contributed by atoms with E-state index in [1.807, 2.05) is 12.1 Å². The van der Waals surface area contributed by atoms with E-state index in [1.165, 1.54) is 12.1 Å². The van der Waals surface area contributed by atoms with Gasteiger partial charge in [-0.1, -0.05) is 36.9 Å². The van der Waals surface area contributed by atoms with Crippen LogP contribution in [0.15, 0.2) is 36.9 Å². The largest absolute Gasteiger partial charge is 0.507 e. The Morgan fingerprint density at radius 2 is 1.71 bits per heavy atom. The minimum absolute atomic E-state index is 0.160. The fourth-order valence-electron chi connectivity index (χ4n) is 1.52. The predicted octanol–water partition coefficient (Wildman–Crippen LogP) is 2.89. The molecule has 0 aromatic heterocycles. The third-order valence-electron chi connectivity index (χ3n) is 2.24. The van der Waals surface area contributed by atoms with Crippen LogP contribution in [0.4, 0.5) is 0 Å². The van der Waals surface area contributed by atoms with Crippen LogP contribution in [0.2, 0.25) is 0 Å². The average molecular weight is 186 g/mol. The molecule has 14 heavy (non-hydrogen) atoms. The molecule has 0 saturated heterocycles. The summed E-state index contributed by atoms with van der Waals surface area (Å²) >= 11 is 0. The standard InChI is InChI=1S/C12H10O2/c1-2-8-7-11(13)9-5-3-4-6-10(9)12(8)14/h2-7,13-14H,1H2. The number of hydrogen-bond donors (Lipinski definition) is 2. The maximum absolute atomic E-state index is 9.79. The van der Waals surface area contributed by atoms with E-state index in [4.69, 9.17) is 0 Å². The molecule has 2 rings (SSSR count). The molecule has 0 fully saturated rings. The lowest BCUT2D eigenvalue weighted by molar-refractivity contribution is 0.468. The Hall–Kier alpha value is -1.96. The van der Waals surface area contributed by atoms with Crippen molar-refractivity contribution < 1.29 is 10.2 Å². The average Bonchev–Trinajstić information content (AvgIpc) is 2.23. The van der Waals surface area contributed by atoms with Crippen molar-refractivity contribution in [2.45, 2.75) is 0 Å². The summed E-state index contributed by atoms with van der Waals surface area (Å²) in [4.78, 5) is 0. The second-order valence-corrected chi connectivity index (χ2v) is 3.08. The first kappa shape index (κ1) is 8.63. The Kier molecular flexibility index (Phi) is 1.89. The zero-order valence-corrected chi connectivity index (χ0v) is 7.57. The van der Waals surface area contributed by atoms with E-state index in [1.54, 1.807) is 12.1 Å². The van der Waals surface area contributed by atoms with Gasteiger partial charge in [0.25, 0.3) is 0 Å². The smallest absolute Gasteiger partial charge is 0.130 e. The van der Waals surface area contributed by atoms with Gasteiger partial charge in [0.15, 0.2) is 0 Å². The lowest BCUT2D eigenvalue weighted by Crippen LogP contribution is -1.79. The van der Waals surface area contributed by atoms with Gasteiger partial charge < -0.3 is 10.2 Å². The first-order chi connectivity index (χ1) is 6.74. The van der Waals surface area contributed by atoms with Crippen LogP contribution in [0.3, 0.4) is 0 Å². The maximum atomic E-state index is 9.79. The fraction of sp³-hybridized carbons (Fsp3) is 0. The van der Waals surface area contributed by atoms with E-state index in [-0.39, 0.29) is 11.5 Å². The molecule has 2 aromatic carbocycles. The zero-order valence-electron chi connectivity index (χ0n) is 7.57. The van der Waals surface area contributed by atoms with E-state index >= 15 is 0 Å². The van der Waals surface area contributed by atoms with Crippen LogP contribution in [-0.2, 0) is 0 Å². The van der Waals surface area contributed by atoms with Gasteiger partial charge >= 0.3 is 0 Å². The van der Waals surface area contributed by atoms with Gasteiger partial charge in [-0.3, -0.25) is 0 Å². The Bertz CT molecular complexity index is 501. The molecule has 0 atom stereocenters. The van der Waals surface area contributed by atoms with Crippen molar-refractivity contribution in [2.24, 2.45) is 0 Å². The number of phenols is 2. The molecule has 2 aromatic rings. The van der Waals surface area contributed by atoms with Gasteiger partial charge in [-0.05, 0) is 6.07 Å². The summed E-state index contributed by atoms with van der Waals surface area (Å²) in [6.07, 6.45) is 1.52. The van der Waals surface area contributed by atoms with Gasteiger partial charge in [0.2, 0.25) is 0 Å². The summed E-state index contributed by atoms with van der Waals surface area (Å²) in [7, 11) is 0. The van der Waals surface area contributed by atoms with E-state index in [0.29, 0.717) is 16.3 Å². The summed E-state index contributed by atoms with van der Waals surface area (Å²) in [6.45, 7) is 3.57. The molecule has 0 aliphatic carbocycles. The molecule has 0 aliphatic rings. The summed E-state index contributed by atoms with van der Waals surface area (Å²) in [5, 5.41) is 20.7. The SMILES string of the molecule is C=Cc1cc(O)c2ccccc2c1O. The lowest BCUT2D eigenvalue weighted by Gasteiger charge is -2.06. The van der Waals surface area contributed by atoms with Crippen molar-refractivity contribution in [1.29, 1.82) is 0 Å². The molecule has 0 heterocycles. The highest BCUT2D eigenvalue weighted by Gasteiger charge is 2.07. The second-order valence-electron chi connectivity index (χ2n) is 3.08. The minimum atomic E-state index is 0.160. The van der Waals surface area contributed by atoms with Gasteiger partial charge in [0, 0.05) is 16.3 Å². The summed E-state index contributed by atoms with van der Waals surface area (Å²) in [5.74, 6) is 0.321. The molecular weight excluding hydrogens is 176 g/mol. The van der Waals surface area contributed by atoms with Crippen molar-refractivity contribution in [3.63, 3.8) is 0 Å². The van der Waals surface area contributed by atoms with Crippen LogP contribution in [0.25, 0.3) is 16.8 Å². The number of benzene rings is 2. The molecule has 2 nitrogen and oxygen atoms in total. The highest BCUT2D eigenvalue weighted by Crippen LogP contribution is 2.35. The molecule has 0 aliphatic heterocycles. The van der Waals surface area contributed by atoms with Crippen LogP contribution >= 0.6 is 0 Å². The lowest BCUT2D eigenvalue weighted by atomic mass is 10.0. The van der Waals surface area contributed by atoms with Crippen LogP contribution < -0.4 is 0 Å². The second kappa shape index (κ2) is 3.07. The molecule has 2 N–H and O–H groups in total. The third-order valence-corrected chi connectivity index (χ3v) is 2.24. The van der Waals surface area contributed by atoms with E-state index in [2.05, 4.69) is 6.58 Å². The van der Waals surface area contributed by atoms with Crippen LogP contribution in [0.1, 0.15) is 5.56 Å². The van der Waals surface area contributed by atoms with Crippen molar-refractivity contribution in [2.75, 3.05) is 0 Å². The highest BCUT2D eigenvalue weighted by atomic mass is 16.3. The van der Waals surface area contributed by atoms with E-state index < -0.39 is 0 Å². The number of fused-ring (bicyclic) bond motifs is 1. The molecule has 0 unspecified atom stereocenters. The first-order valence-electron chi connectivity index (χ1n) is 4.30. The quantitative estimate of drug-likeness (QED) is 0.672. The van der Waals surface area contributed by atoms with Crippen molar-refractivity contribution >= 4 is 16.8 Å². The van der Waals surface area contributed by atoms with Crippen LogP contribution in [0.5, 0.6) is 11.5 Å². The Morgan fingerprint density at radius 1 is 1.07 bits per heavy atom. The minimum Gasteiger partial charge on any atom is -0.507 e. The van der Waals surface area contributed by atoms with Gasteiger partial charge in [0.05, 0.1) is 0 Å². The van der Waals surface area contributed by atoms with Crippen LogP contribution in [-0.4, -0.2) is 10.2 Å². The number of aromatic hydroxyl groups is 2. The summed E-state index contributed by atoms with van der Waals surface area (Å²) in [6, 6.07) is 8.66. The molecule has 0 spiro atoms. The van der Waals surface area contributed by atoms with E-state index in [0.717, 1.165) is 0 Å². The Morgan fingerprint density at radius 3 is 2.36 bits per heavy atom. The molecule has 0 bridgehead atoms. The molecular formula is C12H10O2. The Balaban J connectivity index is 2.94. The van der Waals surface area contributed by atoms with E-state index in [9.17, 15) is 10.2 Å². The fourth-order valence-corrected chi connectivity index (χ4v) is 1.52. The summed E-state index contributed by atoms with van der Waals surface area (Å²) < 4.78 is 0. The topological polar surface area (TPSA) is 40.5 Å². The normalized spacial score (nSPS) is 10.3. The monoisotopic (exact) mass is 186 g/mol. The number of hydrogen-bond acceptors (Lipinski definition) is 2. The van der Waals surface area contributed by atoms with Gasteiger partial charge in [-0.2, -0.15) is 0 Å². The van der Waals surface area contributed by atoms with Gasteiger partial charge in [-0.25, -0.2) is 0 Å². The highest BCUT2D eigenvalue weighted by molar-refractivity contribution is 5.95. The van der Waals surface area contributed by atoms with Crippen molar-refractivity contribution in [3.8, 4) is 11.5 Å². The summed E-state index contributed by atoms with van der Waals surface area (Å²) in [5.41, 5.74) is 0.543. The Labute approximate surface area is 81.7 Å². The predicted molar refractivity (Wildman–Crippen MR) is 57.4 cm³/mol. The van der Waals surface area contributed by atoms with Crippen molar-refractivity contribution in [1.82, 2.24) is 0 Å². The number of rotatable bonds is 1.